The first-order valence-corrected chi connectivity index (χ1v) is 11.1. The number of ether oxygens (including phenoxy) is 3. The van der Waals surface area contributed by atoms with Gasteiger partial charge in [0.25, 0.3) is 0 Å². The zero-order chi connectivity index (χ0) is 24.9. The summed E-state index contributed by atoms with van der Waals surface area (Å²) >= 11 is 0. The van der Waals surface area contributed by atoms with Crippen LogP contribution in [0.1, 0.15) is 46.3 Å². The average molecular weight is 460 g/mol. The molecule has 0 spiro atoms. The van der Waals surface area contributed by atoms with Gasteiger partial charge < -0.3 is 14.2 Å². The van der Waals surface area contributed by atoms with Crippen molar-refractivity contribution >= 4 is 11.9 Å². The third-order valence-corrected chi connectivity index (χ3v) is 5.54. The maximum absolute atomic E-state index is 12.9. The van der Waals surface area contributed by atoms with Crippen molar-refractivity contribution < 1.29 is 23.8 Å². The Morgan fingerprint density at radius 3 is 2.38 bits per heavy atom. The molecule has 0 heterocycles. The van der Waals surface area contributed by atoms with Gasteiger partial charge >= 0.3 is 11.9 Å². The summed E-state index contributed by atoms with van der Waals surface area (Å²) in [6, 6.07) is 18.2. The van der Waals surface area contributed by atoms with Gasteiger partial charge in [-0.15, -0.1) is 0 Å². The third kappa shape index (κ3) is 6.39. The van der Waals surface area contributed by atoms with Gasteiger partial charge in [-0.25, -0.2) is 4.79 Å². The van der Waals surface area contributed by atoms with Gasteiger partial charge in [-0.2, -0.15) is 5.26 Å². The number of nitrogens with zero attached hydrogens (tertiary/aromatic N) is 1. The highest BCUT2D eigenvalue weighted by molar-refractivity contribution is 5.89. The molecule has 2 aromatic carbocycles. The van der Waals surface area contributed by atoms with Crippen LogP contribution in [0.4, 0.5) is 0 Å². The lowest BCUT2D eigenvalue weighted by Crippen LogP contribution is -2.17. The maximum atomic E-state index is 12.9. The topological polar surface area (TPSA) is 85.6 Å². The van der Waals surface area contributed by atoms with Crippen molar-refractivity contribution in [3.05, 3.63) is 60.2 Å². The molecule has 0 saturated heterocycles. The standard InChI is InChI=1S/C28H29NO5/c1-27(2,3)18-32-24(30)15-14-22-25(28(22,4)5)26(31)34-23(17-29)19-10-9-13-21(16-19)33-20-11-7-6-8-12-20/h6-13,16,22-23,25H,18H2,1-5H3/t22-,23+,25-/m0/s1. The Morgan fingerprint density at radius 1 is 1.06 bits per heavy atom. The number of hydrogen-bond acceptors (Lipinski definition) is 6. The molecule has 0 aliphatic heterocycles. The van der Waals surface area contributed by atoms with Crippen molar-refractivity contribution in [2.24, 2.45) is 22.7 Å². The normalized spacial score (nSPS) is 18.9. The summed E-state index contributed by atoms with van der Waals surface area (Å²) in [6.07, 6.45) is -1.09. The minimum atomic E-state index is -1.09. The highest BCUT2D eigenvalue weighted by Gasteiger charge is 2.62. The van der Waals surface area contributed by atoms with Crippen LogP contribution in [0.5, 0.6) is 11.5 Å². The second kappa shape index (κ2) is 10.0. The van der Waals surface area contributed by atoms with Gasteiger partial charge in [-0.3, -0.25) is 4.79 Å². The number of nitriles is 1. The largest absolute Gasteiger partial charge is 0.457 e. The molecule has 1 aliphatic carbocycles. The van der Waals surface area contributed by atoms with E-state index < -0.39 is 29.4 Å². The summed E-state index contributed by atoms with van der Waals surface area (Å²) < 4.78 is 16.5. The molecule has 0 bridgehead atoms. The summed E-state index contributed by atoms with van der Waals surface area (Å²) in [5.74, 6) is 4.51. The highest BCUT2D eigenvalue weighted by atomic mass is 16.5. The summed E-state index contributed by atoms with van der Waals surface area (Å²) in [4.78, 5) is 24.8. The van der Waals surface area contributed by atoms with Crippen LogP contribution in [0, 0.1) is 45.8 Å². The van der Waals surface area contributed by atoms with Crippen LogP contribution < -0.4 is 4.74 Å². The highest BCUT2D eigenvalue weighted by Crippen LogP contribution is 2.58. The van der Waals surface area contributed by atoms with Crippen LogP contribution in [0.25, 0.3) is 0 Å². The number of rotatable bonds is 6. The third-order valence-electron chi connectivity index (χ3n) is 5.54. The van der Waals surface area contributed by atoms with E-state index in [4.69, 9.17) is 14.2 Å². The second-order valence-corrected chi connectivity index (χ2v) is 10.1. The summed E-state index contributed by atoms with van der Waals surface area (Å²) in [5, 5.41) is 9.65. The maximum Gasteiger partial charge on any atom is 0.384 e. The van der Waals surface area contributed by atoms with Crippen LogP contribution in [0.15, 0.2) is 54.6 Å². The number of hydrogen-bond donors (Lipinski definition) is 0. The number of carbonyl (C=O) groups excluding carboxylic acids is 2. The van der Waals surface area contributed by atoms with E-state index in [2.05, 4.69) is 11.8 Å². The first kappa shape index (κ1) is 24.9. The van der Waals surface area contributed by atoms with Gasteiger partial charge in [0.1, 0.15) is 17.6 Å². The van der Waals surface area contributed by atoms with E-state index in [1.165, 1.54) is 0 Å². The van der Waals surface area contributed by atoms with Gasteiger partial charge in [0.2, 0.25) is 6.10 Å². The summed E-state index contributed by atoms with van der Waals surface area (Å²) in [7, 11) is 0. The van der Waals surface area contributed by atoms with E-state index in [-0.39, 0.29) is 17.9 Å². The average Bonchev–Trinajstić information content (AvgIpc) is 3.35. The van der Waals surface area contributed by atoms with Crippen molar-refractivity contribution in [2.75, 3.05) is 6.61 Å². The lowest BCUT2D eigenvalue weighted by atomic mass is 9.99. The number of carbonyl (C=O) groups is 2. The Balaban J connectivity index is 1.64. The predicted octanol–water partition coefficient (Wildman–Crippen LogP) is 5.45. The van der Waals surface area contributed by atoms with E-state index in [0.29, 0.717) is 17.1 Å². The Hall–Kier alpha value is -3.77. The van der Waals surface area contributed by atoms with Gasteiger partial charge in [0.15, 0.2) is 0 Å². The predicted molar refractivity (Wildman–Crippen MR) is 126 cm³/mol. The van der Waals surface area contributed by atoms with Crippen molar-refractivity contribution in [1.82, 2.24) is 0 Å². The van der Waals surface area contributed by atoms with Crippen LogP contribution in [-0.4, -0.2) is 18.5 Å². The number of benzene rings is 2. The molecule has 176 valence electrons. The minimum absolute atomic E-state index is 0.154. The molecular formula is C28H29NO5. The fourth-order valence-corrected chi connectivity index (χ4v) is 3.53. The molecule has 0 N–H and O–H groups in total. The number of esters is 2. The Kier molecular flexibility index (Phi) is 7.32. The van der Waals surface area contributed by atoms with E-state index in [1.807, 2.05) is 71.0 Å². The zero-order valence-corrected chi connectivity index (χ0v) is 20.1. The molecule has 0 radical (unpaired) electrons. The SMILES string of the molecule is CC(C)(C)COC(=O)C#C[C@H]1[C@@H](C(=O)O[C@H](C#N)c2cccc(Oc3ccccc3)c2)C1(C)C. The van der Waals surface area contributed by atoms with Crippen LogP contribution >= 0.6 is 0 Å². The summed E-state index contributed by atoms with van der Waals surface area (Å²) in [6.45, 7) is 9.90. The van der Waals surface area contributed by atoms with Crippen LogP contribution in [0.3, 0.4) is 0 Å². The molecule has 1 saturated carbocycles. The van der Waals surface area contributed by atoms with E-state index in [9.17, 15) is 14.9 Å². The molecule has 0 aromatic heterocycles. The van der Waals surface area contributed by atoms with Crippen molar-refractivity contribution in [1.29, 1.82) is 5.26 Å². The molecule has 34 heavy (non-hydrogen) atoms. The number of para-hydroxylation sites is 1. The lowest BCUT2D eigenvalue weighted by Gasteiger charge is -2.16. The molecule has 3 atom stereocenters. The minimum Gasteiger partial charge on any atom is -0.457 e. The first-order valence-electron chi connectivity index (χ1n) is 11.1. The second-order valence-electron chi connectivity index (χ2n) is 10.1. The van der Waals surface area contributed by atoms with E-state index in [1.54, 1.807) is 24.3 Å². The smallest absolute Gasteiger partial charge is 0.384 e. The van der Waals surface area contributed by atoms with Gasteiger partial charge in [0.05, 0.1) is 12.5 Å². The fraction of sp³-hybridized carbons (Fsp3) is 0.393. The summed E-state index contributed by atoms with van der Waals surface area (Å²) in [5.41, 5.74) is -0.110. The molecular weight excluding hydrogens is 430 g/mol. The van der Waals surface area contributed by atoms with Gasteiger partial charge in [-0.05, 0) is 35.1 Å². The quantitative estimate of drug-likeness (QED) is 0.324. The monoisotopic (exact) mass is 459 g/mol. The molecule has 6 heteroatoms. The van der Waals surface area contributed by atoms with Crippen LogP contribution in [0.2, 0.25) is 0 Å². The first-order chi connectivity index (χ1) is 16.0. The Bertz CT molecular complexity index is 1150. The Morgan fingerprint density at radius 2 is 1.74 bits per heavy atom. The van der Waals surface area contributed by atoms with E-state index >= 15 is 0 Å². The van der Waals surface area contributed by atoms with Crippen molar-refractivity contribution in [3.8, 4) is 29.4 Å². The molecule has 0 amide bonds. The van der Waals surface area contributed by atoms with E-state index in [0.717, 1.165) is 0 Å². The zero-order valence-electron chi connectivity index (χ0n) is 20.1. The molecule has 6 nitrogen and oxygen atoms in total. The molecule has 1 fully saturated rings. The van der Waals surface area contributed by atoms with Crippen molar-refractivity contribution in [2.45, 2.75) is 40.7 Å². The lowest BCUT2D eigenvalue weighted by molar-refractivity contribution is -0.149. The van der Waals surface area contributed by atoms with Crippen molar-refractivity contribution in [3.63, 3.8) is 0 Å². The fourth-order valence-electron chi connectivity index (χ4n) is 3.53. The Labute approximate surface area is 200 Å². The molecule has 3 rings (SSSR count). The van der Waals surface area contributed by atoms with Gasteiger partial charge in [-0.1, -0.05) is 70.9 Å². The van der Waals surface area contributed by atoms with Crippen LogP contribution in [-0.2, 0) is 19.1 Å². The molecule has 2 aromatic rings. The van der Waals surface area contributed by atoms with Gasteiger partial charge in [0, 0.05) is 17.4 Å². The molecule has 1 aliphatic rings. The molecule has 0 unspecified atom stereocenters.